The maximum atomic E-state index is 13.2. The third-order valence-corrected chi connectivity index (χ3v) is 4.22. The van der Waals surface area contributed by atoms with Gasteiger partial charge in [0.2, 0.25) is 0 Å². The topological polar surface area (TPSA) is 56.1 Å². The van der Waals surface area contributed by atoms with Crippen molar-refractivity contribution < 1.29 is 13.9 Å². The van der Waals surface area contributed by atoms with Gasteiger partial charge in [-0.25, -0.2) is 9.07 Å². The molecule has 5 nitrogen and oxygen atoms in total. The molecule has 1 amide bonds. The van der Waals surface area contributed by atoms with E-state index in [1.807, 2.05) is 6.92 Å². The molecule has 3 aromatic rings. The predicted molar refractivity (Wildman–Crippen MR) is 98.1 cm³/mol. The highest BCUT2D eigenvalue weighted by atomic mass is 35.5. The number of hydrogen-bond acceptors (Lipinski definition) is 3. The van der Waals surface area contributed by atoms with Crippen LogP contribution in [0.15, 0.2) is 48.5 Å². The largest absolute Gasteiger partial charge is 0.471 e. The first-order chi connectivity index (χ1) is 12.5. The third-order valence-electron chi connectivity index (χ3n) is 3.89. The molecule has 2 aromatic carbocycles. The lowest BCUT2D eigenvalue weighted by Gasteiger charge is -2.09. The van der Waals surface area contributed by atoms with Crippen LogP contribution >= 0.6 is 11.6 Å². The zero-order valence-corrected chi connectivity index (χ0v) is 15.0. The number of ether oxygens (including phenoxy) is 1. The second-order valence-corrected chi connectivity index (χ2v) is 6.12. The van der Waals surface area contributed by atoms with E-state index in [1.165, 1.54) is 12.1 Å². The van der Waals surface area contributed by atoms with Crippen molar-refractivity contribution in [1.82, 2.24) is 9.78 Å². The Balaban J connectivity index is 1.75. The van der Waals surface area contributed by atoms with Crippen molar-refractivity contribution in [2.24, 2.45) is 0 Å². The maximum Gasteiger partial charge on any atom is 0.257 e. The normalized spacial score (nSPS) is 10.6. The molecular weight excluding hydrogens is 357 g/mol. The molecule has 0 radical (unpaired) electrons. The molecule has 0 aliphatic rings. The lowest BCUT2D eigenvalue weighted by atomic mass is 10.2. The minimum absolute atomic E-state index is 0.0953. The molecule has 0 saturated carbocycles. The molecule has 0 saturated heterocycles. The van der Waals surface area contributed by atoms with E-state index in [0.29, 0.717) is 27.7 Å². The highest BCUT2D eigenvalue weighted by Crippen LogP contribution is 2.23. The summed E-state index contributed by atoms with van der Waals surface area (Å²) in [7, 11) is 0. The van der Waals surface area contributed by atoms with Crippen LogP contribution in [0, 0.1) is 19.7 Å². The molecule has 0 atom stereocenters. The molecule has 3 rings (SSSR count). The van der Waals surface area contributed by atoms with Crippen molar-refractivity contribution in [3.63, 3.8) is 0 Å². The Morgan fingerprint density at radius 1 is 1.23 bits per heavy atom. The first-order valence-corrected chi connectivity index (χ1v) is 8.32. The Kier molecular flexibility index (Phi) is 5.23. The molecule has 26 heavy (non-hydrogen) atoms. The van der Waals surface area contributed by atoms with Gasteiger partial charge < -0.3 is 10.1 Å². The summed E-state index contributed by atoms with van der Waals surface area (Å²) in [6, 6.07) is 12.7. The molecule has 1 heterocycles. The highest BCUT2D eigenvalue weighted by Gasteiger charge is 2.17. The number of nitrogens with zero attached hydrogens (tertiary/aromatic N) is 2. The van der Waals surface area contributed by atoms with Gasteiger partial charge in [0.1, 0.15) is 11.6 Å². The van der Waals surface area contributed by atoms with Gasteiger partial charge in [0.05, 0.1) is 27.7 Å². The summed E-state index contributed by atoms with van der Waals surface area (Å²) in [5.74, 6) is -0.282. The second kappa shape index (κ2) is 7.58. The van der Waals surface area contributed by atoms with Crippen LogP contribution in [0.3, 0.4) is 0 Å². The summed E-state index contributed by atoms with van der Waals surface area (Å²) in [6.07, 6.45) is 0. The van der Waals surface area contributed by atoms with Crippen molar-refractivity contribution in [2.45, 2.75) is 20.6 Å². The summed E-state index contributed by atoms with van der Waals surface area (Å²) in [4.78, 5) is 12.5. The Bertz CT molecular complexity index is 956. The lowest BCUT2D eigenvalue weighted by molar-refractivity contribution is 0.102. The number of anilines is 1. The van der Waals surface area contributed by atoms with Crippen LogP contribution in [0.1, 0.15) is 21.7 Å². The Labute approximate surface area is 155 Å². The molecule has 0 aliphatic heterocycles. The average Bonchev–Trinajstić information content (AvgIpc) is 2.88. The van der Waals surface area contributed by atoms with Crippen molar-refractivity contribution in [3.8, 4) is 5.75 Å². The number of carbonyl (C=O) groups is 1. The number of hydrogen-bond donors (Lipinski definition) is 1. The fourth-order valence-electron chi connectivity index (χ4n) is 2.52. The van der Waals surface area contributed by atoms with Crippen LogP contribution in [0.5, 0.6) is 5.75 Å². The molecule has 7 heteroatoms. The van der Waals surface area contributed by atoms with Crippen LogP contribution in [-0.4, -0.2) is 15.7 Å². The fraction of sp³-hybridized carbons (Fsp3) is 0.158. The third kappa shape index (κ3) is 3.86. The van der Waals surface area contributed by atoms with Gasteiger partial charge in [-0.1, -0.05) is 29.8 Å². The van der Waals surface area contributed by atoms with E-state index in [4.69, 9.17) is 16.3 Å². The number of aromatic nitrogens is 2. The number of carbonyl (C=O) groups excluding carboxylic acids is 1. The smallest absolute Gasteiger partial charge is 0.257 e. The number of benzene rings is 2. The second-order valence-electron chi connectivity index (χ2n) is 5.71. The van der Waals surface area contributed by atoms with Crippen LogP contribution < -0.4 is 10.1 Å². The zero-order valence-electron chi connectivity index (χ0n) is 14.3. The fourth-order valence-corrected chi connectivity index (χ4v) is 2.74. The van der Waals surface area contributed by atoms with Crippen molar-refractivity contribution in [2.75, 3.05) is 5.32 Å². The minimum atomic E-state index is -0.372. The molecule has 0 fully saturated rings. The summed E-state index contributed by atoms with van der Waals surface area (Å²) >= 11 is 6.07. The number of nitrogens with one attached hydrogen (secondary N) is 1. The molecule has 1 aromatic heterocycles. The van der Waals surface area contributed by atoms with Gasteiger partial charge in [0.25, 0.3) is 5.91 Å². The quantitative estimate of drug-likeness (QED) is 0.712. The predicted octanol–water partition coefficient (Wildman–Crippen LogP) is 4.58. The molecule has 0 unspecified atom stereocenters. The van der Waals surface area contributed by atoms with E-state index in [0.717, 1.165) is 5.69 Å². The lowest BCUT2D eigenvalue weighted by Crippen LogP contribution is -2.14. The van der Waals surface area contributed by atoms with E-state index in [-0.39, 0.29) is 18.5 Å². The first kappa shape index (κ1) is 17.9. The zero-order chi connectivity index (χ0) is 18.7. The molecule has 0 aliphatic carbocycles. The summed E-state index contributed by atoms with van der Waals surface area (Å²) in [5.41, 5.74) is 2.35. The van der Waals surface area contributed by atoms with Crippen LogP contribution in [0.4, 0.5) is 10.1 Å². The molecule has 0 spiro atoms. The number of halogens is 2. The first-order valence-electron chi connectivity index (χ1n) is 7.94. The molecular formula is C19H17ClFN3O2. The number of amides is 1. The summed E-state index contributed by atoms with van der Waals surface area (Å²) in [6.45, 7) is 3.70. The van der Waals surface area contributed by atoms with Gasteiger partial charge in [-0.2, -0.15) is 5.10 Å². The van der Waals surface area contributed by atoms with Gasteiger partial charge >= 0.3 is 0 Å². The van der Waals surface area contributed by atoms with Crippen LogP contribution in [0.2, 0.25) is 5.02 Å². The van der Waals surface area contributed by atoms with E-state index in [1.54, 1.807) is 48.0 Å². The van der Waals surface area contributed by atoms with Gasteiger partial charge in [-0.05, 0) is 38.1 Å². The van der Waals surface area contributed by atoms with Gasteiger partial charge in [-0.15, -0.1) is 0 Å². The monoisotopic (exact) mass is 373 g/mol. The molecule has 1 N–H and O–H groups in total. The van der Waals surface area contributed by atoms with Gasteiger partial charge in [-0.3, -0.25) is 4.79 Å². The van der Waals surface area contributed by atoms with Crippen LogP contribution in [-0.2, 0) is 6.73 Å². The maximum absolute atomic E-state index is 13.2. The van der Waals surface area contributed by atoms with Crippen molar-refractivity contribution in [3.05, 3.63) is 76.3 Å². The van der Waals surface area contributed by atoms with E-state index in [2.05, 4.69) is 10.4 Å². The Morgan fingerprint density at radius 2 is 2.00 bits per heavy atom. The summed E-state index contributed by atoms with van der Waals surface area (Å²) in [5, 5.41) is 7.59. The van der Waals surface area contributed by atoms with Gasteiger partial charge in [0.15, 0.2) is 6.73 Å². The summed E-state index contributed by atoms with van der Waals surface area (Å²) < 4.78 is 20.4. The highest BCUT2D eigenvalue weighted by molar-refractivity contribution is 6.34. The number of aryl methyl sites for hydroxylation is 1. The average molecular weight is 374 g/mol. The minimum Gasteiger partial charge on any atom is -0.471 e. The van der Waals surface area contributed by atoms with Crippen LogP contribution in [0.25, 0.3) is 0 Å². The number of rotatable bonds is 5. The van der Waals surface area contributed by atoms with Crippen molar-refractivity contribution in [1.29, 1.82) is 0 Å². The Hall–Kier alpha value is -2.86. The van der Waals surface area contributed by atoms with E-state index < -0.39 is 0 Å². The van der Waals surface area contributed by atoms with Gasteiger partial charge in [0, 0.05) is 6.07 Å². The Morgan fingerprint density at radius 3 is 2.73 bits per heavy atom. The van der Waals surface area contributed by atoms with Crippen molar-refractivity contribution >= 4 is 23.2 Å². The molecule has 0 bridgehead atoms. The molecule has 134 valence electrons. The standard InChI is InChI=1S/C19H17ClFN3O2/c1-12-18(22-19(25)16-8-3-4-9-17(16)20)13(2)24(23-12)11-26-15-7-5-6-14(21)10-15/h3-10H,11H2,1-2H3,(H,22,25). The van der Waals surface area contributed by atoms with E-state index in [9.17, 15) is 9.18 Å². The SMILES string of the molecule is Cc1nn(COc2cccc(F)c2)c(C)c1NC(=O)c1ccccc1Cl. The van der Waals surface area contributed by atoms with E-state index >= 15 is 0 Å².